The summed E-state index contributed by atoms with van der Waals surface area (Å²) in [4.78, 5) is 36.0. The van der Waals surface area contributed by atoms with Crippen molar-refractivity contribution in [3.05, 3.63) is 101 Å². The van der Waals surface area contributed by atoms with Crippen LogP contribution < -0.4 is 15.5 Å². The molecule has 0 heterocycles. The Morgan fingerprint density at radius 2 is 1.47 bits per heavy atom. The van der Waals surface area contributed by atoms with Crippen molar-refractivity contribution in [2.24, 2.45) is 5.10 Å². The van der Waals surface area contributed by atoms with E-state index in [0.717, 1.165) is 5.56 Å². The van der Waals surface area contributed by atoms with Crippen LogP contribution in [0.5, 0.6) is 5.75 Å². The van der Waals surface area contributed by atoms with Crippen molar-refractivity contribution in [1.29, 1.82) is 0 Å². The summed E-state index contributed by atoms with van der Waals surface area (Å²) in [5.41, 5.74) is 4.65. The predicted octanol–water partition coefficient (Wildman–Crippen LogP) is 3.72. The molecular formula is C24H20ClN3O4. The number of halogens is 1. The van der Waals surface area contributed by atoms with E-state index in [0.29, 0.717) is 27.6 Å². The predicted molar refractivity (Wildman–Crippen MR) is 121 cm³/mol. The van der Waals surface area contributed by atoms with Gasteiger partial charge in [-0.15, -0.1) is 0 Å². The van der Waals surface area contributed by atoms with Gasteiger partial charge in [-0.2, -0.15) is 5.10 Å². The molecule has 3 aromatic rings. The Balaban J connectivity index is 1.52. The number of carbonyl (C=O) groups excluding carboxylic acids is 3. The molecule has 0 bridgehead atoms. The molecule has 0 aliphatic rings. The summed E-state index contributed by atoms with van der Waals surface area (Å²) >= 11 is 5.82. The lowest BCUT2D eigenvalue weighted by atomic mass is 10.1. The largest absolute Gasteiger partial charge is 0.423 e. The molecule has 0 atom stereocenters. The molecule has 32 heavy (non-hydrogen) atoms. The monoisotopic (exact) mass is 449 g/mol. The Kier molecular flexibility index (Phi) is 7.72. The van der Waals surface area contributed by atoms with Gasteiger partial charge in [-0.25, -0.2) is 10.2 Å². The van der Waals surface area contributed by atoms with Crippen LogP contribution >= 0.6 is 11.6 Å². The molecule has 0 fully saturated rings. The van der Waals surface area contributed by atoms with Gasteiger partial charge in [0.05, 0.1) is 11.3 Å². The summed E-state index contributed by atoms with van der Waals surface area (Å²) < 4.78 is 5.32. The van der Waals surface area contributed by atoms with Crippen LogP contribution in [0.15, 0.2) is 84.0 Å². The zero-order valence-electron chi connectivity index (χ0n) is 17.2. The van der Waals surface area contributed by atoms with E-state index in [1.165, 1.54) is 0 Å². The smallest absolute Gasteiger partial charge is 0.343 e. The van der Waals surface area contributed by atoms with Crippen LogP contribution in [0.25, 0.3) is 0 Å². The third-order valence-electron chi connectivity index (χ3n) is 4.39. The first-order valence-electron chi connectivity index (χ1n) is 9.67. The molecule has 7 nitrogen and oxygen atoms in total. The molecule has 0 unspecified atom stereocenters. The number of ether oxygens (including phenoxy) is 1. The number of esters is 1. The molecule has 0 radical (unpaired) electrons. The number of hydrazone groups is 1. The number of hydrogen-bond acceptors (Lipinski definition) is 5. The van der Waals surface area contributed by atoms with Crippen LogP contribution in [0.4, 0.5) is 0 Å². The lowest BCUT2D eigenvalue weighted by Crippen LogP contribution is -2.37. The highest BCUT2D eigenvalue weighted by atomic mass is 35.5. The number of nitrogens with one attached hydrogen (secondary N) is 2. The topological polar surface area (TPSA) is 96.9 Å². The van der Waals surface area contributed by atoms with Crippen LogP contribution in [-0.2, 0) is 16.1 Å². The molecule has 0 saturated heterocycles. The lowest BCUT2D eigenvalue weighted by Gasteiger charge is -2.07. The van der Waals surface area contributed by atoms with Crippen molar-refractivity contribution in [3.8, 4) is 5.75 Å². The Hall–Kier alpha value is -3.97. The average molecular weight is 450 g/mol. The maximum absolute atomic E-state index is 12.2. The van der Waals surface area contributed by atoms with Crippen molar-refractivity contribution in [2.75, 3.05) is 0 Å². The number of benzene rings is 3. The quantitative estimate of drug-likeness (QED) is 0.197. The summed E-state index contributed by atoms with van der Waals surface area (Å²) in [6.45, 7) is 1.92. The average Bonchev–Trinajstić information content (AvgIpc) is 2.82. The molecule has 3 rings (SSSR count). The van der Waals surface area contributed by atoms with E-state index in [-0.39, 0.29) is 6.54 Å². The Morgan fingerprint density at radius 1 is 0.844 bits per heavy atom. The van der Waals surface area contributed by atoms with Crippen LogP contribution in [-0.4, -0.2) is 23.5 Å². The van der Waals surface area contributed by atoms with Gasteiger partial charge in [0.1, 0.15) is 5.75 Å². The van der Waals surface area contributed by atoms with Gasteiger partial charge in [0, 0.05) is 11.6 Å². The fourth-order valence-corrected chi connectivity index (χ4v) is 2.75. The van der Waals surface area contributed by atoms with Crippen molar-refractivity contribution in [1.82, 2.24) is 10.7 Å². The molecule has 162 valence electrons. The van der Waals surface area contributed by atoms with E-state index in [2.05, 4.69) is 15.8 Å². The van der Waals surface area contributed by atoms with Crippen molar-refractivity contribution in [2.45, 2.75) is 13.5 Å². The second-order valence-corrected chi connectivity index (χ2v) is 7.16. The highest BCUT2D eigenvalue weighted by Crippen LogP contribution is 2.16. The van der Waals surface area contributed by atoms with Gasteiger partial charge in [-0.3, -0.25) is 9.59 Å². The number of carbonyl (C=O) groups is 3. The van der Waals surface area contributed by atoms with E-state index < -0.39 is 17.8 Å². The van der Waals surface area contributed by atoms with Crippen LogP contribution in [0.3, 0.4) is 0 Å². The first kappa shape index (κ1) is 22.7. The molecule has 0 aliphatic carbocycles. The van der Waals surface area contributed by atoms with Crippen LogP contribution in [0.2, 0.25) is 5.02 Å². The van der Waals surface area contributed by atoms with Crippen molar-refractivity contribution in [3.63, 3.8) is 0 Å². The number of nitrogens with zero attached hydrogens (tertiary/aromatic N) is 1. The van der Waals surface area contributed by atoms with Crippen molar-refractivity contribution < 1.29 is 19.1 Å². The third-order valence-corrected chi connectivity index (χ3v) is 4.64. The Labute approximate surface area is 190 Å². The van der Waals surface area contributed by atoms with E-state index in [1.807, 2.05) is 30.3 Å². The van der Waals surface area contributed by atoms with Gasteiger partial charge in [0.2, 0.25) is 0 Å². The molecular weight excluding hydrogens is 430 g/mol. The maximum atomic E-state index is 12.2. The van der Waals surface area contributed by atoms with Crippen LogP contribution in [0, 0.1) is 0 Å². The highest BCUT2D eigenvalue weighted by molar-refractivity contribution is 6.35. The summed E-state index contributed by atoms with van der Waals surface area (Å²) in [6.07, 6.45) is 0. The summed E-state index contributed by atoms with van der Waals surface area (Å²) in [7, 11) is 0. The minimum Gasteiger partial charge on any atom is -0.423 e. The molecule has 8 heteroatoms. The van der Waals surface area contributed by atoms with Gasteiger partial charge in [-0.05, 0) is 66.6 Å². The van der Waals surface area contributed by atoms with Crippen LogP contribution in [0.1, 0.15) is 28.4 Å². The van der Waals surface area contributed by atoms with E-state index in [9.17, 15) is 14.4 Å². The summed E-state index contributed by atoms with van der Waals surface area (Å²) in [5, 5.41) is 7.01. The molecule has 0 spiro atoms. The lowest BCUT2D eigenvalue weighted by molar-refractivity contribution is -0.139. The highest BCUT2D eigenvalue weighted by Gasteiger charge is 2.13. The molecule has 0 saturated carbocycles. The first-order valence-corrected chi connectivity index (χ1v) is 10.0. The number of amides is 2. The number of rotatable bonds is 6. The van der Waals surface area contributed by atoms with Gasteiger partial charge < -0.3 is 10.1 Å². The standard InChI is InChI=1S/C24H20ClN3O4/c1-16(27-28-23(30)22(29)26-15-17-5-3-2-4-6-17)18-9-13-21(14-10-18)32-24(31)19-7-11-20(25)12-8-19/h2-14H,15H2,1H3,(H,26,29)(H,28,30). The van der Waals surface area contributed by atoms with Gasteiger partial charge in [-0.1, -0.05) is 41.9 Å². The Morgan fingerprint density at radius 3 is 2.12 bits per heavy atom. The van der Waals surface area contributed by atoms with E-state index >= 15 is 0 Å². The van der Waals surface area contributed by atoms with Gasteiger partial charge in [0.15, 0.2) is 0 Å². The molecule has 2 amide bonds. The minimum atomic E-state index is -0.867. The fraction of sp³-hybridized carbons (Fsp3) is 0.0833. The zero-order valence-corrected chi connectivity index (χ0v) is 17.9. The maximum Gasteiger partial charge on any atom is 0.343 e. The number of hydrogen-bond donors (Lipinski definition) is 2. The summed E-state index contributed by atoms with van der Waals surface area (Å²) in [5.74, 6) is -1.80. The normalized spacial score (nSPS) is 10.9. The molecule has 0 aliphatic heterocycles. The second-order valence-electron chi connectivity index (χ2n) is 6.73. The van der Waals surface area contributed by atoms with Gasteiger partial charge >= 0.3 is 17.8 Å². The van der Waals surface area contributed by atoms with Crippen molar-refractivity contribution >= 4 is 35.1 Å². The second kappa shape index (κ2) is 10.9. The SMILES string of the molecule is CC(=NNC(=O)C(=O)NCc1ccccc1)c1ccc(OC(=O)c2ccc(Cl)cc2)cc1. The van der Waals surface area contributed by atoms with Gasteiger partial charge in [0.25, 0.3) is 0 Å². The third kappa shape index (κ3) is 6.52. The summed E-state index contributed by atoms with van der Waals surface area (Å²) in [6, 6.07) is 22.2. The molecule has 0 aromatic heterocycles. The molecule has 3 aromatic carbocycles. The fourth-order valence-electron chi connectivity index (χ4n) is 2.62. The minimum absolute atomic E-state index is 0.242. The van der Waals surface area contributed by atoms with E-state index in [4.69, 9.17) is 16.3 Å². The Bertz CT molecular complexity index is 1130. The van der Waals surface area contributed by atoms with E-state index in [1.54, 1.807) is 55.5 Å². The molecule has 2 N–H and O–H groups in total. The zero-order chi connectivity index (χ0) is 22.9. The first-order chi connectivity index (χ1) is 15.4.